The molecule has 2 aromatic carbocycles. The number of aromatic hydroxyl groups is 2. The smallest absolute Gasteiger partial charge is 0.354 e. The molecule has 234 valence electrons. The van der Waals surface area contributed by atoms with E-state index in [-0.39, 0.29) is 71.8 Å². The summed E-state index contributed by atoms with van der Waals surface area (Å²) in [5.74, 6) is -4.29. The number of aryl methyl sites for hydroxylation is 1. The number of amides is 1. The molecule has 2 aromatic heterocycles. The van der Waals surface area contributed by atoms with Crippen molar-refractivity contribution < 1.29 is 28.5 Å². The molecule has 1 amide bonds. The minimum Gasteiger partial charge on any atom is -0.507 e. The number of fused-ring (bicyclic) bond motifs is 2. The topological polar surface area (TPSA) is 121 Å². The van der Waals surface area contributed by atoms with E-state index in [1.54, 1.807) is 24.1 Å². The third-order valence-corrected chi connectivity index (χ3v) is 8.61. The first kappa shape index (κ1) is 30.0. The molecule has 0 spiro atoms. The largest absolute Gasteiger partial charge is 0.507 e. The molecule has 2 N–H and O–H groups in total. The summed E-state index contributed by atoms with van der Waals surface area (Å²) in [6.45, 7) is 11.4. The monoisotopic (exact) mass is 617 g/mol. The molecule has 10 nitrogen and oxygen atoms in total. The molecular weight excluding hydrogens is 584 g/mol. The van der Waals surface area contributed by atoms with Gasteiger partial charge in [-0.3, -0.25) is 14.3 Å². The second-order valence-electron chi connectivity index (χ2n) is 11.8. The van der Waals surface area contributed by atoms with E-state index in [0.717, 1.165) is 4.57 Å². The number of anilines is 1. The van der Waals surface area contributed by atoms with Crippen molar-refractivity contribution in [2.75, 3.05) is 24.6 Å². The lowest BCUT2D eigenvalue weighted by molar-refractivity contribution is -0.129. The molecule has 12 heteroatoms. The summed E-state index contributed by atoms with van der Waals surface area (Å²) in [5.41, 5.74) is -1.04. The number of halogens is 2. The number of carbonyl (C=O) groups excluding carboxylic acids is 1. The van der Waals surface area contributed by atoms with Crippen LogP contribution in [0.15, 0.2) is 47.9 Å². The Bertz CT molecular complexity index is 1920. The number of pyridine rings is 1. The number of benzene rings is 2. The highest BCUT2D eigenvalue weighted by atomic mass is 19.1. The molecule has 0 radical (unpaired) electrons. The highest BCUT2D eigenvalue weighted by Crippen LogP contribution is 2.48. The summed E-state index contributed by atoms with van der Waals surface area (Å²) in [7, 11) is 0. The zero-order valence-electron chi connectivity index (χ0n) is 25.3. The molecule has 1 saturated heterocycles. The first-order valence-corrected chi connectivity index (χ1v) is 14.7. The Kier molecular flexibility index (Phi) is 7.46. The number of carbonyl (C=O) groups is 1. The fourth-order valence-electron chi connectivity index (χ4n) is 6.47. The SMILES string of the molecule is C=CC(=O)N1CC2CCOc3c(F)c(-c4c(O)cccc4O)c(F)c4c3c(nc(=O)n4-c3c(C)ccnc3C(C)C)N2CC1C. The summed E-state index contributed by atoms with van der Waals surface area (Å²) in [4.78, 5) is 39.2. The van der Waals surface area contributed by atoms with E-state index in [1.807, 2.05) is 25.7 Å². The van der Waals surface area contributed by atoms with Crippen molar-refractivity contribution >= 4 is 22.6 Å². The summed E-state index contributed by atoms with van der Waals surface area (Å²) in [6.07, 6.45) is 3.15. The molecule has 2 atom stereocenters. The van der Waals surface area contributed by atoms with E-state index in [2.05, 4.69) is 16.5 Å². The molecule has 0 aliphatic carbocycles. The van der Waals surface area contributed by atoms with Gasteiger partial charge in [0.15, 0.2) is 17.4 Å². The summed E-state index contributed by atoms with van der Waals surface area (Å²) in [5, 5.41) is 21.3. The summed E-state index contributed by atoms with van der Waals surface area (Å²) >= 11 is 0. The minimum atomic E-state index is -1.20. The van der Waals surface area contributed by atoms with Crippen molar-refractivity contribution in [1.29, 1.82) is 0 Å². The van der Waals surface area contributed by atoms with Crippen molar-refractivity contribution in [3.63, 3.8) is 0 Å². The maximum absolute atomic E-state index is 17.2. The molecule has 4 aromatic rings. The van der Waals surface area contributed by atoms with Crippen molar-refractivity contribution in [2.45, 2.75) is 52.1 Å². The van der Waals surface area contributed by atoms with E-state index >= 15 is 8.78 Å². The standard InChI is InChI=1S/C33H33F2N5O5/c1-6-22(43)38-15-19-11-13-45-31-25-30(26(34)24(27(31)35)23-20(41)8-7-9-21(23)42)40(29-17(4)10-12-36-28(29)16(2)3)33(44)37-32(25)39(19)14-18(38)5/h6-10,12,16,18-19,41-42H,1,11,13-15H2,2-5H3. The Hall–Kier alpha value is -5.00. The number of aromatic nitrogens is 3. The Labute approximate surface area is 257 Å². The summed E-state index contributed by atoms with van der Waals surface area (Å²) in [6, 6.07) is 4.69. The number of phenols is 2. The second kappa shape index (κ2) is 11.2. The molecular formula is C33H33F2N5O5. The van der Waals surface area contributed by atoms with Gasteiger partial charge in [0, 0.05) is 31.7 Å². The molecule has 0 bridgehead atoms. The summed E-state index contributed by atoms with van der Waals surface area (Å²) < 4.78 is 41.0. The Balaban J connectivity index is 1.77. The Morgan fingerprint density at radius 2 is 1.84 bits per heavy atom. The van der Waals surface area contributed by atoms with Gasteiger partial charge < -0.3 is 24.7 Å². The third kappa shape index (κ3) is 4.66. The number of hydrogen-bond acceptors (Lipinski definition) is 8. The Morgan fingerprint density at radius 3 is 2.51 bits per heavy atom. The van der Waals surface area contributed by atoms with Gasteiger partial charge in [-0.05, 0) is 49.6 Å². The fourth-order valence-corrected chi connectivity index (χ4v) is 6.47. The van der Waals surface area contributed by atoms with Gasteiger partial charge in [0.1, 0.15) is 22.8 Å². The van der Waals surface area contributed by atoms with Gasteiger partial charge in [0.25, 0.3) is 0 Å². The number of piperazine rings is 1. The molecule has 0 saturated carbocycles. The third-order valence-electron chi connectivity index (χ3n) is 8.61. The first-order chi connectivity index (χ1) is 21.5. The first-order valence-electron chi connectivity index (χ1n) is 14.7. The van der Waals surface area contributed by atoms with Crippen LogP contribution in [0.3, 0.4) is 0 Å². The van der Waals surface area contributed by atoms with Crippen LogP contribution in [0.4, 0.5) is 14.6 Å². The number of nitrogens with zero attached hydrogens (tertiary/aromatic N) is 5. The van der Waals surface area contributed by atoms with E-state index in [1.165, 1.54) is 24.3 Å². The van der Waals surface area contributed by atoms with Gasteiger partial charge in [0.2, 0.25) is 5.91 Å². The highest BCUT2D eigenvalue weighted by Gasteiger charge is 2.40. The second-order valence-corrected chi connectivity index (χ2v) is 11.8. The normalized spacial score (nSPS) is 17.9. The van der Waals surface area contributed by atoms with E-state index < -0.39 is 40.0 Å². The lowest BCUT2D eigenvalue weighted by Crippen LogP contribution is -2.60. The zero-order valence-corrected chi connectivity index (χ0v) is 25.3. The molecule has 2 aliphatic heterocycles. The molecule has 1 fully saturated rings. The van der Waals surface area contributed by atoms with Gasteiger partial charge in [0.05, 0.1) is 40.5 Å². The van der Waals surface area contributed by atoms with Crippen molar-refractivity contribution in [2.24, 2.45) is 0 Å². The van der Waals surface area contributed by atoms with Crippen LogP contribution in [0.5, 0.6) is 17.2 Å². The number of ether oxygens (including phenoxy) is 1. The van der Waals surface area contributed by atoms with E-state index in [0.29, 0.717) is 17.7 Å². The number of rotatable bonds is 4. The molecule has 2 unspecified atom stereocenters. The highest BCUT2D eigenvalue weighted by molar-refractivity contribution is 6.01. The van der Waals surface area contributed by atoms with Gasteiger partial charge in [-0.2, -0.15) is 4.98 Å². The van der Waals surface area contributed by atoms with Gasteiger partial charge in [-0.15, -0.1) is 0 Å². The zero-order chi connectivity index (χ0) is 32.3. The quantitative estimate of drug-likeness (QED) is 0.309. The van der Waals surface area contributed by atoms with Crippen LogP contribution in [0.25, 0.3) is 27.7 Å². The minimum absolute atomic E-state index is 0.0157. The van der Waals surface area contributed by atoms with Crippen LogP contribution in [0.2, 0.25) is 0 Å². The number of phenolic OH excluding ortho intramolecular Hbond substituents is 2. The van der Waals surface area contributed by atoms with Crippen LogP contribution in [-0.2, 0) is 4.79 Å². The molecule has 4 heterocycles. The van der Waals surface area contributed by atoms with Crippen molar-refractivity contribution in [3.05, 3.63) is 76.5 Å². The lowest BCUT2D eigenvalue weighted by atomic mass is 9.96. The van der Waals surface area contributed by atoms with Crippen molar-refractivity contribution in [3.8, 4) is 34.1 Å². The molecule has 6 rings (SSSR count). The van der Waals surface area contributed by atoms with Crippen LogP contribution in [0.1, 0.15) is 44.4 Å². The number of hydrogen-bond donors (Lipinski definition) is 2. The average Bonchev–Trinajstić information content (AvgIpc) is 2.99. The van der Waals surface area contributed by atoms with Gasteiger partial charge in [-0.25, -0.2) is 13.6 Å². The molecule has 2 aliphatic rings. The maximum atomic E-state index is 17.2. The van der Waals surface area contributed by atoms with Crippen LogP contribution < -0.4 is 15.3 Å². The Morgan fingerprint density at radius 1 is 1.13 bits per heavy atom. The predicted molar refractivity (Wildman–Crippen MR) is 165 cm³/mol. The fraction of sp³-hybridized carbons (Fsp3) is 0.333. The van der Waals surface area contributed by atoms with Crippen LogP contribution in [0, 0.1) is 18.6 Å². The van der Waals surface area contributed by atoms with Crippen molar-refractivity contribution in [1.82, 2.24) is 19.4 Å². The average molecular weight is 618 g/mol. The van der Waals surface area contributed by atoms with Gasteiger partial charge >= 0.3 is 5.69 Å². The van der Waals surface area contributed by atoms with Gasteiger partial charge in [-0.1, -0.05) is 26.5 Å². The van der Waals surface area contributed by atoms with E-state index in [9.17, 15) is 19.8 Å². The van der Waals surface area contributed by atoms with Crippen LogP contribution in [-0.4, -0.2) is 67.3 Å². The predicted octanol–water partition coefficient (Wildman–Crippen LogP) is 4.94. The van der Waals surface area contributed by atoms with Crippen LogP contribution >= 0.6 is 0 Å². The van der Waals surface area contributed by atoms with E-state index in [4.69, 9.17) is 4.74 Å². The maximum Gasteiger partial charge on any atom is 0.354 e. The molecule has 45 heavy (non-hydrogen) atoms. The lowest BCUT2D eigenvalue weighted by Gasteiger charge is -2.46.